The van der Waals surface area contributed by atoms with Crippen LogP contribution < -0.4 is 5.32 Å². The van der Waals surface area contributed by atoms with Gasteiger partial charge in [-0.2, -0.15) is 11.8 Å². The minimum atomic E-state index is 1.04. The molecule has 24 heavy (non-hydrogen) atoms. The van der Waals surface area contributed by atoms with Crippen LogP contribution in [0.4, 0.5) is 0 Å². The third kappa shape index (κ3) is 8.53. The van der Waals surface area contributed by atoms with Gasteiger partial charge in [0.2, 0.25) is 0 Å². The quantitative estimate of drug-likeness (QED) is 0.575. The summed E-state index contributed by atoms with van der Waals surface area (Å²) in [5.41, 5.74) is 2.82. The predicted octanol–water partition coefficient (Wildman–Crippen LogP) is 4.42. The number of rotatable bonds is 12. The lowest BCUT2D eigenvalue weighted by Crippen LogP contribution is -2.24. The summed E-state index contributed by atoms with van der Waals surface area (Å²) in [6, 6.07) is 21.4. The smallest absolute Gasteiger partial charge is 0.0230 e. The predicted molar refractivity (Wildman–Crippen MR) is 107 cm³/mol. The van der Waals surface area contributed by atoms with Gasteiger partial charge >= 0.3 is 0 Å². The number of hydrogen-bond donors (Lipinski definition) is 1. The molecule has 2 rings (SSSR count). The molecule has 3 heteroatoms. The lowest BCUT2D eigenvalue weighted by Gasteiger charge is -2.16. The molecule has 0 unspecified atom stereocenters. The first kappa shape index (κ1) is 19.0. The zero-order valence-corrected chi connectivity index (χ0v) is 15.6. The maximum atomic E-state index is 3.56. The van der Waals surface area contributed by atoms with Crippen molar-refractivity contribution < 1.29 is 0 Å². The molecule has 0 amide bonds. The van der Waals surface area contributed by atoms with Crippen molar-refractivity contribution in [2.24, 2.45) is 0 Å². The Bertz CT molecular complexity index is 530. The van der Waals surface area contributed by atoms with E-state index in [4.69, 9.17) is 0 Å². The molecular weight excluding hydrogens is 312 g/mol. The summed E-state index contributed by atoms with van der Waals surface area (Å²) in [7, 11) is 2.20. The molecule has 0 radical (unpaired) electrons. The molecule has 0 saturated heterocycles. The molecule has 0 fully saturated rings. The molecule has 0 bridgehead atoms. The maximum absolute atomic E-state index is 3.56. The van der Waals surface area contributed by atoms with E-state index in [2.05, 4.69) is 77.9 Å². The zero-order chi connectivity index (χ0) is 16.9. The monoisotopic (exact) mass is 342 g/mol. The first-order valence-corrected chi connectivity index (χ1v) is 10.0. The van der Waals surface area contributed by atoms with Crippen molar-refractivity contribution >= 4 is 11.8 Å². The van der Waals surface area contributed by atoms with E-state index >= 15 is 0 Å². The summed E-state index contributed by atoms with van der Waals surface area (Å²) in [5.74, 6) is 2.36. The van der Waals surface area contributed by atoms with E-state index in [1.54, 1.807) is 0 Å². The maximum Gasteiger partial charge on any atom is 0.0230 e. The zero-order valence-electron chi connectivity index (χ0n) is 14.8. The molecule has 0 aliphatic heterocycles. The van der Waals surface area contributed by atoms with Gasteiger partial charge in [-0.25, -0.2) is 0 Å². The van der Waals surface area contributed by atoms with Crippen LogP contribution in [0.5, 0.6) is 0 Å². The molecule has 1 N–H and O–H groups in total. The third-order valence-electron chi connectivity index (χ3n) is 3.94. The van der Waals surface area contributed by atoms with Gasteiger partial charge in [0.25, 0.3) is 0 Å². The Balaban J connectivity index is 1.40. The van der Waals surface area contributed by atoms with Crippen LogP contribution in [0.2, 0.25) is 0 Å². The highest BCUT2D eigenvalue weighted by Crippen LogP contribution is 2.12. The average molecular weight is 343 g/mol. The summed E-state index contributed by atoms with van der Waals surface area (Å²) >= 11 is 2.03. The first-order valence-electron chi connectivity index (χ1n) is 8.89. The molecule has 0 heterocycles. The second kappa shape index (κ2) is 12.1. The van der Waals surface area contributed by atoms with Crippen LogP contribution in [0.3, 0.4) is 0 Å². The van der Waals surface area contributed by atoms with E-state index in [0.29, 0.717) is 0 Å². The van der Waals surface area contributed by atoms with Crippen LogP contribution in [0.15, 0.2) is 60.7 Å². The standard InChI is InChI=1S/C21H30N2S/c1-23(18-20-10-4-2-5-11-20)16-8-14-22-15-9-17-24-19-21-12-6-3-7-13-21/h2-7,10-13,22H,8-9,14-19H2,1H3. The Morgan fingerprint density at radius 3 is 2.17 bits per heavy atom. The van der Waals surface area contributed by atoms with Crippen LogP contribution >= 0.6 is 11.8 Å². The highest BCUT2D eigenvalue weighted by atomic mass is 32.2. The van der Waals surface area contributed by atoms with Crippen LogP contribution in [0, 0.1) is 0 Å². The van der Waals surface area contributed by atoms with Gasteiger partial charge in [0.1, 0.15) is 0 Å². The van der Waals surface area contributed by atoms with E-state index in [-0.39, 0.29) is 0 Å². The minimum absolute atomic E-state index is 1.04. The number of benzene rings is 2. The first-order chi connectivity index (χ1) is 11.8. The van der Waals surface area contributed by atoms with Crippen molar-refractivity contribution in [1.82, 2.24) is 10.2 Å². The molecule has 0 atom stereocenters. The van der Waals surface area contributed by atoms with Gasteiger partial charge in [-0.3, -0.25) is 0 Å². The van der Waals surface area contributed by atoms with E-state index in [1.807, 2.05) is 11.8 Å². The number of nitrogens with zero attached hydrogens (tertiary/aromatic N) is 1. The van der Waals surface area contributed by atoms with Crippen molar-refractivity contribution in [3.63, 3.8) is 0 Å². The van der Waals surface area contributed by atoms with Crippen LogP contribution in [0.25, 0.3) is 0 Å². The lowest BCUT2D eigenvalue weighted by molar-refractivity contribution is 0.320. The third-order valence-corrected chi connectivity index (χ3v) is 5.06. The molecule has 2 aromatic carbocycles. The normalized spacial score (nSPS) is 11.1. The van der Waals surface area contributed by atoms with Crippen molar-refractivity contribution in [3.8, 4) is 0 Å². The SMILES string of the molecule is CN(CCCNCCCSCc1ccccc1)Cc1ccccc1. The largest absolute Gasteiger partial charge is 0.317 e. The highest BCUT2D eigenvalue weighted by Gasteiger charge is 1.99. The number of thioether (sulfide) groups is 1. The second-order valence-electron chi connectivity index (χ2n) is 6.22. The molecule has 2 nitrogen and oxygen atoms in total. The van der Waals surface area contributed by atoms with E-state index in [0.717, 1.165) is 31.9 Å². The van der Waals surface area contributed by atoms with Gasteiger partial charge in [0.05, 0.1) is 0 Å². The van der Waals surface area contributed by atoms with Crippen LogP contribution in [-0.4, -0.2) is 37.3 Å². The molecule has 0 saturated carbocycles. The molecule has 0 aliphatic rings. The number of nitrogens with one attached hydrogen (secondary N) is 1. The van der Waals surface area contributed by atoms with Gasteiger partial charge in [-0.1, -0.05) is 60.7 Å². The molecule has 0 aliphatic carbocycles. The van der Waals surface area contributed by atoms with Gasteiger partial charge in [0.15, 0.2) is 0 Å². The second-order valence-corrected chi connectivity index (χ2v) is 7.32. The van der Waals surface area contributed by atoms with Crippen molar-refractivity contribution in [3.05, 3.63) is 71.8 Å². The molecule has 2 aromatic rings. The van der Waals surface area contributed by atoms with Gasteiger partial charge < -0.3 is 10.2 Å². The minimum Gasteiger partial charge on any atom is -0.317 e. The molecule has 130 valence electrons. The van der Waals surface area contributed by atoms with E-state index in [1.165, 1.54) is 29.7 Å². The Hall–Kier alpha value is -1.29. The Morgan fingerprint density at radius 2 is 1.46 bits per heavy atom. The molecular formula is C21H30N2S. The van der Waals surface area contributed by atoms with Crippen molar-refractivity contribution in [2.75, 3.05) is 32.4 Å². The molecule has 0 aromatic heterocycles. The summed E-state index contributed by atoms with van der Waals surface area (Å²) in [5, 5.41) is 3.56. The van der Waals surface area contributed by atoms with E-state index in [9.17, 15) is 0 Å². The average Bonchev–Trinajstić information content (AvgIpc) is 2.62. The van der Waals surface area contributed by atoms with Gasteiger partial charge in [0, 0.05) is 12.3 Å². The summed E-state index contributed by atoms with van der Waals surface area (Å²) in [4.78, 5) is 2.40. The van der Waals surface area contributed by atoms with E-state index < -0.39 is 0 Å². The van der Waals surface area contributed by atoms with Crippen molar-refractivity contribution in [2.45, 2.75) is 25.1 Å². The Labute approximate surface area is 151 Å². The van der Waals surface area contributed by atoms with Gasteiger partial charge in [-0.05, 0) is 56.4 Å². The Kier molecular flexibility index (Phi) is 9.62. The van der Waals surface area contributed by atoms with Crippen LogP contribution in [0.1, 0.15) is 24.0 Å². The fourth-order valence-electron chi connectivity index (χ4n) is 2.64. The highest BCUT2D eigenvalue weighted by molar-refractivity contribution is 7.98. The summed E-state index contributed by atoms with van der Waals surface area (Å²) in [6.45, 7) is 4.42. The van der Waals surface area contributed by atoms with Gasteiger partial charge in [-0.15, -0.1) is 0 Å². The Morgan fingerprint density at radius 1 is 0.833 bits per heavy atom. The fraction of sp³-hybridized carbons (Fsp3) is 0.429. The van der Waals surface area contributed by atoms with Crippen LogP contribution in [-0.2, 0) is 12.3 Å². The molecule has 0 spiro atoms. The number of hydrogen-bond acceptors (Lipinski definition) is 3. The fourth-order valence-corrected chi connectivity index (χ4v) is 3.56. The summed E-state index contributed by atoms with van der Waals surface area (Å²) < 4.78 is 0. The lowest BCUT2D eigenvalue weighted by atomic mass is 10.2. The van der Waals surface area contributed by atoms with Crippen molar-refractivity contribution in [1.29, 1.82) is 0 Å². The topological polar surface area (TPSA) is 15.3 Å². The summed E-state index contributed by atoms with van der Waals surface area (Å²) in [6.07, 6.45) is 2.46.